The second-order valence-corrected chi connectivity index (χ2v) is 6.16. The number of fused-ring (bicyclic) bond motifs is 5. The van der Waals surface area contributed by atoms with Crippen molar-refractivity contribution in [1.29, 1.82) is 0 Å². The molecule has 136 valence electrons. The SMILES string of the molecule is COCCNC(=O)C1C2O[C@@H](C1C(=O)OC)[C@H]1OC(C)(OC)OC21. The van der Waals surface area contributed by atoms with Crippen LogP contribution in [0.4, 0.5) is 0 Å². The lowest BCUT2D eigenvalue weighted by Gasteiger charge is -2.30. The number of carbonyl (C=O) groups excluding carboxylic acids is 2. The van der Waals surface area contributed by atoms with Crippen molar-refractivity contribution in [2.45, 2.75) is 37.3 Å². The fourth-order valence-electron chi connectivity index (χ4n) is 3.71. The van der Waals surface area contributed by atoms with Crippen molar-refractivity contribution in [3.8, 4) is 0 Å². The van der Waals surface area contributed by atoms with Gasteiger partial charge in [0.25, 0.3) is 5.97 Å². The van der Waals surface area contributed by atoms with Gasteiger partial charge in [0, 0.05) is 27.7 Å². The molecule has 0 aliphatic carbocycles. The number of carbonyl (C=O) groups is 2. The van der Waals surface area contributed by atoms with Crippen LogP contribution in [0.25, 0.3) is 0 Å². The maximum atomic E-state index is 12.6. The summed E-state index contributed by atoms with van der Waals surface area (Å²) < 4.78 is 32.4. The first-order valence-electron chi connectivity index (χ1n) is 7.86. The normalized spacial score (nSPS) is 42.8. The van der Waals surface area contributed by atoms with Crippen molar-refractivity contribution in [3.05, 3.63) is 0 Å². The molecule has 5 unspecified atom stereocenters. The largest absolute Gasteiger partial charge is 0.469 e. The number of hydrogen-bond donors (Lipinski definition) is 1. The lowest BCUT2D eigenvalue weighted by Crippen LogP contribution is -2.53. The molecule has 0 radical (unpaired) electrons. The summed E-state index contributed by atoms with van der Waals surface area (Å²) in [5.74, 6) is -3.45. The van der Waals surface area contributed by atoms with Crippen LogP contribution in [-0.4, -0.2) is 76.7 Å². The molecule has 0 aromatic rings. The van der Waals surface area contributed by atoms with E-state index in [4.69, 9.17) is 28.4 Å². The Balaban J connectivity index is 1.80. The molecule has 9 nitrogen and oxygen atoms in total. The highest BCUT2D eigenvalue weighted by atomic mass is 16.9. The smallest absolute Gasteiger partial charge is 0.312 e. The number of nitrogens with one attached hydrogen (secondary N) is 1. The molecular weight excluding hydrogens is 322 g/mol. The first kappa shape index (κ1) is 17.6. The fourth-order valence-corrected chi connectivity index (χ4v) is 3.71. The predicted octanol–water partition coefficient (Wildman–Crippen LogP) is -0.960. The van der Waals surface area contributed by atoms with Crippen molar-refractivity contribution in [2.75, 3.05) is 34.5 Å². The Bertz CT molecular complexity index is 514. The molecule has 3 aliphatic rings. The Hall–Kier alpha value is -1.26. The molecule has 0 spiro atoms. The van der Waals surface area contributed by atoms with Gasteiger partial charge in [0.2, 0.25) is 5.91 Å². The molecule has 3 rings (SSSR count). The van der Waals surface area contributed by atoms with Gasteiger partial charge >= 0.3 is 5.97 Å². The summed E-state index contributed by atoms with van der Waals surface area (Å²) >= 11 is 0. The van der Waals surface area contributed by atoms with Crippen LogP contribution in [0.1, 0.15) is 6.92 Å². The summed E-state index contributed by atoms with van der Waals surface area (Å²) in [6, 6.07) is 0. The topological polar surface area (TPSA) is 102 Å². The van der Waals surface area contributed by atoms with Gasteiger partial charge in [0.05, 0.1) is 31.7 Å². The first-order valence-corrected chi connectivity index (χ1v) is 7.86. The second kappa shape index (κ2) is 6.57. The van der Waals surface area contributed by atoms with Crippen molar-refractivity contribution in [3.63, 3.8) is 0 Å². The Morgan fingerprint density at radius 1 is 1.04 bits per heavy atom. The van der Waals surface area contributed by atoms with Gasteiger partial charge in [0.15, 0.2) is 0 Å². The maximum Gasteiger partial charge on any atom is 0.312 e. The van der Waals surface area contributed by atoms with Crippen LogP contribution in [0.5, 0.6) is 0 Å². The minimum atomic E-state index is -1.21. The number of hydrogen-bond acceptors (Lipinski definition) is 8. The number of ether oxygens (including phenoxy) is 6. The van der Waals surface area contributed by atoms with E-state index in [1.54, 1.807) is 14.0 Å². The third-order valence-corrected chi connectivity index (χ3v) is 4.83. The molecule has 0 aromatic carbocycles. The summed E-state index contributed by atoms with van der Waals surface area (Å²) in [6.07, 6.45) is -2.16. The van der Waals surface area contributed by atoms with Crippen LogP contribution in [0.3, 0.4) is 0 Å². The van der Waals surface area contributed by atoms with Crippen LogP contribution in [0.2, 0.25) is 0 Å². The van der Waals surface area contributed by atoms with Crippen LogP contribution in [0, 0.1) is 11.8 Å². The number of amides is 1. The fraction of sp³-hybridized carbons (Fsp3) is 0.867. The van der Waals surface area contributed by atoms with E-state index in [-0.39, 0.29) is 5.91 Å². The quantitative estimate of drug-likeness (QED) is 0.485. The van der Waals surface area contributed by atoms with Gasteiger partial charge in [-0.25, -0.2) is 0 Å². The molecular formula is C15H23NO8. The third-order valence-electron chi connectivity index (χ3n) is 4.83. The zero-order chi connectivity index (χ0) is 17.5. The van der Waals surface area contributed by atoms with Gasteiger partial charge < -0.3 is 33.7 Å². The maximum absolute atomic E-state index is 12.6. The zero-order valence-corrected chi connectivity index (χ0v) is 14.1. The Kier molecular flexibility index (Phi) is 4.80. The van der Waals surface area contributed by atoms with E-state index in [1.807, 2.05) is 0 Å². The molecule has 1 N–H and O–H groups in total. The van der Waals surface area contributed by atoms with Gasteiger partial charge in [-0.2, -0.15) is 0 Å². The molecule has 3 heterocycles. The lowest BCUT2D eigenvalue weighted by atomic mass is 9.76. The Labute approximate surface area is 139 Å². The predicted molar refractivity (Wildman–Crippen MR) is 77.7 cm³/mol. The number of methoxy groups -OCH3 is 3. The van der Waals surface area contributed by atoms with Gasteiger partial charge in [0.1, 0.15) is 18.3 Å². The van der Waals surface area contributed by atoms with Crippen LogP contribution in [0.15, 0.2) is 0 Å². The summed E-state index contributed by atoms with van der Waals surface area (Å²) in [5.41, 5.74) is 0. The molecule has 3 saturated heterocycles. The van der Waals surface area contributed by atoms with E-state index < -0.39 is 48.2 Å². The van der Waals surface area contributed by atoms with Crippen molar-refractivity contribution in [1.82, 2.24) is 5.32 Å². The molecule has 24 heavy (non-hydrogen) atoms. The third kappa shape index (κ3) is 2.70. The second-order valence-electron chi connectivity index (χ2n) is 6.16. The highest BCUT2D eigenvalue weighted by molar-refractivity contribution is 5.87. The Morgan fingerprint density at radius 2 is 1.67 bits per heavy atom. The average molecular weight is 345 g/mol. The minimum Gasteiger partial charge on any atom is -0.469 e. The van der Waals surface area contributed by atoms with Crippen molar-refractivity contribution in [2.24, 2.45) is 11.8 Å². The molecule has 7 atom stereocenters. The number of esters is 1. The monoisotopic (exact) mass is 345 g/mol. The molecule has 3 aliphatic heterocycles. The Morgan fingerprint density at radius 3 is 2.21 bits per heavy atom. The van der Waals surface area contributed by atoms with Gasteiger partial charge in [-0.05, 0) is 0 Å². The molecule has 1 amide bonds. The molecule has 2 bridgehead atoms. The summed E-state index contributed by atoms with van der Waals surface area (Å²) in [6.45, 7) is 2.37. The molecule has 3 fully saturated rings. The molecule has 0 saturated carbocycles. The van der Waals surface area contributed by atoms with Crippen LogP contribution < -0.4 is 5.32 Å². The van der Waals surface area contributed by atoms with Gasteiger partial charge in [-0.3, -0.25) is 9.59 Å². The zero-order valence-electron chi connectivity index (χ0n) is 14.1. The minimum absolute atomic E-state index is 0.289. The van der Waals surface area contributed by atoms with Gasteiger partial charge in [-0.1, -0.05) is 0 Å². The van der Waals surface area contributed by atoms with Crippen LogP contribution in [-0.2, 0) is 38.0 Å². The number of rotatable bonds is 6. The van der Waals surface area contributed by atoms with E-state index in [0.717, 1.165) is 0 Å². The van der Waals surface area contributed by atoms with E-state index in [9.17, 15) is 9.59 Å². The summed E-state index contributed by atoms with van der Waals surface area (Å²) in [4.78, 5) is 24.8. The molecule has 0 aromatic heterocycles. The van der Waals surface area contributed by atoms with E-state index in [2.05, 4.69) is 5.32 Å². The van der Waals surface area contributed by atoms with Crippen molar-refractivity contribution < 1.29 is 38.0 Å². The first-order chi connectivity index (χ1) is 11.5. The highest BCUT2D eigenvalue weighted by Crippen LogP contribution is 2.51. The molecule has 9 heteroatoms. The van der Waals surface area contributed by atoms with Crippen molar-refractivity contribution >= 4 is 11.9 Å². The van der Waals surface area contributed by atoms with E-state index >= 15 is 0 Å². The summed E-state index contributed by atoms with van der Waals surface area (Å²) in [7, 11) is 4.30. The van der Waals surface area contributed by atoms with E-state index in [0.29, 0.717) is 13.2 Å². The standard InChI is InChI=1S/C15H23NO8/c1-15(21-4)23-11-9-7(13(17)16-5-6-19-2)8(14(18)20-3)10(22-9)12(11)24-15/h7-12H,5-6H2,1-4H3,(H,16,17)/t7?,8?,9?,10-,11?,12+,15?/m0/s1. The average Bonchev–Trinajstić information content (AvgIpc) is 3.21. The lowest BCUT2D eigenvalue weighted by molar-refractivity contribution is -0.330. The highest BCUT2D eigenvalue weighted by Gasteiger charge is 2.70. The summed E-state index contributed by atoms with van der Waals surface area (Å²) in [5, 5.41) is 2.75. The van der Waals surface area contributed by atoms with Crippen LogP contribution >= 0.6 is 0 Å². The van der Waals surface area contributed by atoms with E-state index in [1.165, 1.54) is 14.2 Å². The van der Waals surface area contributed by atoms with Gasteiger partial charge in [-0.15, -0.1) is 0 Å².